The van der Waals surface area contributed by atoms with Gasteiger partial charge < -0.3 is 4.57 Å². The van der Waals surface area contributed by atoms with Gasteiger partial charge in [-0.25, -0.2) is 19.7 Å². The normalized spacial score (nSPS) is 11.3. The SMILES string of the molecule is O=c1nc2c3ncn(Cc4ccc(-c5ccccc5)cc4)c3ncnc-2n1Cc1ccc(-c2ccccc2)cc1. The van der Waals surface area contributed by atoms with Crippen LogP contribution in [-0.4, -0.2) is 29.1 Å². The third-order valence-electron chi connectivity index (χ3n) is 7.12. The summed E-state index contributed by atoms with van der Waals surface area (Å²) < 4.78 is 3.54. The molecule has 0 bridgehead atoms. The predicted molar refractivity (Wildman–Crippen MR) is 156 cm³/mol. The Hall–Kier alpha value is -5.43. The van der Waals surface area contributed by atoms with Gasteiger partial charge in [-0.3, -0.25) is 4.57 Å². The molecule has 0 atom stereocenters. The molecule has 2 aliphatic rings. The molecule has 7 rings (SSSR count). The lowest BCUT2D eigenvalue weighted by Gasteiger charge is -2.06. The highest BCUT2D eigenvalue weighted by Gasteiger charge is 2.21. The van der Waals surface area contributed by atoms with Crippen molar-refractivity contribution in [2.45, 2.75) is 13.1 Å². The molecule has 5 aromatic rings. The maximum Gasteiger partial charge on any atom is 0.350 e. The highest BCUT2D eigenvalue weighted by Crippen LogP contribution is 2.25. The molecule has 0 unspecified atom stereocenters. The molecule has 0 N–H and O–H groups in total. The van der Waals surface area contributed by atoms with Gasteiger partial charge in [0.05, 0.1) is 19.4 Å². The third-order valence-corrected chi connectivity index (χ3v) is 7.12. The fourth-order valence-corrected chi connectivity index (χ4v) is 5.03. The van der Waals surface area contributed by atoms with Gasteiger partial charge in [0.2, 0.25) is 0 Å². The lowest BCUT2D eigenvalue weighted by atomic mass is 10.0. The van der Waals surface area contributed by atoms with Crippen LogP contribution >= 0.6 is 0 Å². The Morgan fingerprint density at radius 3 is 1.73 bits per heavy atom. The van der Waals surface area contributed by atoms with Crippen molar-refractivity contribution < 1.29 is 0 Å². The summed E-state index contributed by atoms with van der Waals surface area (Å²) in [6, 6.07) is 37.1. The second kappa shape index (κ2) is 10.0. The Morgan fingerprint density at radius 2 is 1.12 bits per heavy atom. The molecule has 7 heteroatoms. The molecule has 0 fully saturated rings. The molecule has 0 saturated carbocycles. The highest BCUT2D eigenvalue weighted by atomic mass is 16.1. The minimum atomic E-state index is -0.354. The smallest absolute Gasteiger partial charge is 0.311 e. The fourth-order valence-electron chi connectivity index (χ4n) is 5.03. The van der Waals surface area contributed by atoms with E-state index in [1.165, 1.54) is 17.5 Å². The van der Waals surface area contributed by atoms with Gasteiger partial charge in [-0.1, -0.05) is 109 Å². The number of aromatic nitrogens is 6. The lowest BCUT2D eigenvalue weighted by Crippen LogP contribution is -2.17. The Labute approximate surface area is 230 Å². The Kier molecular flexibility index (Phi) is 5.94. The molecule has 3 heterocycles. The summed E-state index contributed by atoms with van der Waals surface area (Å²) >= 11 is 0. The Bertz CT molecular complexity index is 1940. The van der Waals surface area contributed by atoms with Gasteiger partial charge in [-0.15, -0.1) is 0 Å². The monoisotopic (exact) mass is 520 g/mol. The average Bonchev–Trinajstić information content (AvgIpc) is 3.48. The van der Waals surface area contributed by atoms with E-state index in [-0.39, 0.29) is 5.69 Å². The summed E-state index contributed by atoms with van der Waals surface area (Å²) in [6.07, 6.45) is 3.23. The molecule has 0 spiro atoms. The summed E-state index contributed by atoms with van der Waals surface area (Å²) in [4.78, 5) is 31.0. The van der Waals surface area contributed by atoms with Gasteiger partial charge in [0.15, 0.2) is 11.5 Å². The van der Waals surface area contributed by atoms with Gasteiger partial charge in [-0.05, 0) is 33.4 Å². The zero-order valence-electron chi connectivity index (χ0n) is 21.6. The maximum absolute atomic E-state index is 13.0. The van der Waals surface area contributed by atoms with Crippen molar-refractivity contribution in [3.8, 4) is 33.8 Å². The van der Waals surface area contributed by atoms with Crippen molar-refractivity contribution in [2.24, 2.45) is 0 Å². The summed E-state index contributed by atoms with van der Waals surface area (Å²) in [5.74, 6) is 0.470. The minimum absolute atomic E-state index is 0.354. The second-order valence-corrected chi connectivity index (χ2v) is 9.70. The summed E-state index contributed by atoms with van der Waals surface area (Å²) in [5, 5.41) is 0. The van der Waals surface area contributed by atoms with E-state index in [0.717, 1.165) is 22.3 Å². The molecule has 0 amide bonds. The van der Waals surface area contributed by atoms with E-state index in [2.05, 4.69) is 80.6 Å². The third kappa shape index (κ3) is 4.43. The van der Waals surface area contributed by atoms with E-state index in [1.54, 1.807) is 10.9 Å². The summed E-state index contributed by atoms with van der Waals surface area (Å²) in [7, 11) is 0. The largest absolute Gasteiger partial charge is 0.350 e. The molecule has 0 aliphatic carbocycles. The first-order chi connectivity index (χ1) is 19.7. The number of imidazole rings is 2. The van der Waals surface area contributed by atoms with E-state index in [1.807, 2.05) is 53.1 Å². The van der Waals surface area contributed by atoms with Crippen LogP contribution in [0.5, 0.6) is 0 Å². The standard InChI is InChI=1S/C33H24N6O/c40-33-37-30-29-31(38(22-36-29)19-23-11-15-27(16-12-23)25-7-3-1-4-8-25)34-21-35-32(30)39(33)20-24-13-17-28(18-14-24)26-9-5-2-6-10-26/h1-18,21-22H,19-20H2. The first kappa shape index (κ1) is 23.7. The van der Waals surface area contributed by atoms with Crippen molar-refractivity contribution in [3.63, 3.8) is 0 Å². The molecule has 4 aromatic carbocycles. The Morgan fingerprint density at radius 1 is 0.575 bits per heavy atom. The lowest BCUT2D eigenvalue weighted by molar-refractivity contribution is 0.758. The number of nitrogens with zero attached hydrogens (tertiary/aromatic N) is 6. The molecule has 7 nitrogen and oxygen atoms in total. The van der Waals surface area contributed by atoms with Crippen LogP contribution in [-0.2, 0) is 13.1 Å². The first-order valence-electron chi connectivity index (χ1n) is 13.1. The molecule has 0 saturated heterocycles. The molecule has 2 aliphatic heterocycles. The molecule has 192 valence electrons. The van der Waals surface area contributed by atoms with Crippen molar-refractivity contribution in [2.75, 3.05) is 0 Å². The van der Waals surface area contributed by atoms with Crippen LogP contribution < -0.4 is 5.69 Å². The fraction of sp³-hybridized carbons (Fsp3) is 0.0606. The number of hydrogen-bond donors (Lipinski definition) is 0. The molecular formula is C33H24N6O. The van der Waals surface area contributed by atoms with Crippen LogP contribution in [0.3, 0.4) is 0 Å². The minimum Gasteiger partial charge on any atom is -0.311 e. The van der Waals surface area contributed by atoms with Crippen molar-refractivity contribution in [1.82, 2.24) is 29.1 Å². The van der Waals surface area contributed by atoms with Crippen LogP contribution in [0.15, 0.2) is 127 Å². The van der Waals surface area contributed by atoms with Crippen LogP contribution in [0.25, 0.3) is 44.9 Å². The number of benzene rings is 4. The highest BCUT2D eigenvalue weighted by molar-refractivity contribution is 5.85. The summed E-state index contributed by atoms with van der Waals surface area (Å²) in [5.41, 5.74) is 8.01. The topological polar surface area (TPSA) is 78.5 Å². The van der Waals surface area contributed by atoms with Crippen molar-refractivity contribution in [1.29, 1.82) is 0 Å². The molecular weight excluding hydrogens is 496 g/mol. The molecule has 40 heavy (non-hydrogen) atoms. The summed E-state index contributed by atoms with van der Waals surface area (Å²) in [6.45, 7) is 0.945. The quantitative estimate of drug-likeness (QED) is 0.272. The van der Waals surface area contributed by atoms with Crippen LogP contribution in [0, 0.1) is 0 Å². The van der Waals surface area contributed by atoms with E-state index in [0.29, 0.717) is 35.8 Å². The molecule has 1 aromatic heterocycles. The van der Waals surface area contributed by atoms with Gasteiger partial charge in [0.25, 0.3) is 0 Å². The zero-order valence-corrected chi connectivity index (χ0v) is 21.6. The van der Waals surface area contributed by atoms with Gasteiger partial charge in [0.1, 0.15) is 17.5 Å². The maximum atomic E-state index is 13.0. The van der Waals surface area contributed by atoms with Crippen LogP contribution in [0.4, 0.5) is 0 Å². The van der Waals surface area contributed by atoms with E-state index < -0.39 is 0 Å². The van der Waals surface area contributed by atoms with Crippen LogP contribution in [0.1, 0.15) is 11.1 Å². The number of fused-ring (bicyclic) bond motifs is 3. The number of hydrogen-bond acceptors (Lipinski definition) is 5. The van der Waals surface area contributed by atoms with Gasteiger partial charge in [-0.2, -0.15) is 4.98 Å². The van der Waals surface area contributed by atoms with E-state index >= 15 is 0 Å². The molecule has 0 radical (unpaired) electrons. The predicted octanol–water partition coefficient (Wildman–Crippen LogP) is 5.92. The van der Waals surface area contributed by atoms with E-state index in [9.17, 15) is 4.79 Å². The number of rotatable bonds is 6. The van der Waals surface area contributed by atoms with Crippen molar-refractivity contribution in [3.05, 3.63) is 143 Å². The average molecular weight is 521 g/mol. The van der Waals surface area contributed by atoms with Gasteiger partial charge >= 0.3 is 5.69 Å². The first-order valence-corrected chi connectivity index (χ1v) is 13.1. The Balaban J connectivity index is 1.16. The second-order valence-electron chi connectivity index (χ2n) is 9.70. The van der Waals surface area contributed by atoms with Crippen molar-refractivity contribution >= 4 is 11.2 Å². The van der Waals surface area contributed by atoms with Crippen LogP contribution in [0.2, 0.25) is 0 Å². The zero-order chi connectivity index (χ0) is 26.9. The van der Waals surface area contributed by atoms with E-state index in [4.69, 9.17) is 0 Å². The van der Waals surface area contributed by atoms with Gasteiger partial charge in [0, 0.05) is 0 Å².